The summed E-state index contributed by atoms with van der Waals surface area (Å²) in [6, 6.07) is 19.6. The summed E-state index contributed by atoms with van der Waals surface area (Å²) in [6.45, 7) is 4.20. The Morgan fingerprint density at radius 3 is 2.46 bits per heavy atom. The van der Waals surface area contributed by atoms with Crippen LogP contribution in [0.15, 0.2) is 70.6 Å². The van der Waals surface area contributed by atoms with Gasteiger partial charge in [0.05, 0.1) is 5.69 Å². The van der Waals surface area contributed by atoms with Crippen molar-refractivity contribution in [3.8, 4) is 11.5 Å². The lowest BCUT2D eigenvalue weighted by Crippen LogP contribution is -2.20. The normalized spacial score (nSPS) is 11.8. The second-order valence-corrected chi connectivity index (χ2v) is 11.0. The number of hydrogen-bond donors (Lipinski definition) is 1. The Labute approximate surface area is 222 Å². The van der Waals surface area contributed by atoms with Gasteiger partial charge in [-0.25, -0.2) is 4.98 Å². The Hall–Kier alpha value is -2.09. The van der Waals surface area contributed by atoms with Crippen LogP contribution in [0, 0.1) is 6.92 Å². The van der Waals surface area contributed by atoms with Gasteiger partial charge >= 0.3 is 0 Å². The minimum absolute atomic E-state index is 0.0291. The first-order valence-corrected chi connectivity index (χ1v) is 15.4. The number of amides is 1. The third-order valence-corrected chi connectivity index (χ3v) is 8.19. The van der Waals surface area contributed by atoms with Gasteiger partial charge in [-0.1, -0.05) is 56.5 Å². The Morgan fingerprint density at radius 2 is 1.74 bits per heavy atom. The van der Waals surface area contributed by atoms with Crippen molar-refractivity contribution in [3.05, 3.63) is 71.9 Å². The van der Waals surface area contributed by atoms with Crippen LogP contribution in [0.4, 0.5) is 5.69 Å². The van der Waals surface area contributed by atoms with Crippen LogP contribution in [0.2, 0.25) is 0 Å². The number of aromatic nitrogens is 1. The molecule has 0 aliphatic carbocycles. The molecule has 7 heteroatoms. The van der Waals surface area contributed by atoms with Gasteiger partial charge in [-0.2, -0.15) is 0 Å². The summed E-state index contributed by atoms with van der Waals surface area (Å²) in [5.41, 5.74) is 2.69. The molecule has 0 saturated carbocycles. The molecule has 1 amide bonds. The van der Waals surface area contributed by atoms with E-state index in [9.17, 15) is 4.79 Å². The number of rotatable bonds is 13. The molecule has 4 nitrogen and oxygen atoms in total. The van der Waals surface area contributed by atoms with E-state index in [-0.39, 0.29) is 11.2 Å². The number of benzene rings is 2. The summed E-state index contributed by atoms with van der Waals surface area (Å²) in [5, 5.41) is 3.72. The standard InChI is InChI=1S/C28H34N2O2S3/c1-5-6-7-11-17-35-26(21-13-12-16-23(19-21)32-22-14-9-8-10-15-22)27(31)30-25-24(33-3)18-20(2)29-28(25)34-4/h8-10,12-16,18-19,26H,5-7,11,17H2,1-4H3,(H,30,31). The van der Waals surface area contributed by atoms with Crippen LogP contribution in [0.3, 0.4) is 0 Å². The topological polar surface area (TPSA) is 51.2 Å². The Balaban J connectivity index is 1.86. The quantitative estimate of drug-likeness (QED) is 0.178. The molecule has 0 aliphatic heterocycles. The van der Waals surface area contributed by atoms with Crippen molar-refractivity contribution in [3.63, 3.8) is 0 Å². The zero-order valence-electron chi connectivity index (χ0n) is 20.9. The number of anilines is 1. The molecule has 0 radical (unpaired) electrons. The molecule has 0 bridgehead atoms. The fraction of sp³-hybridized carbons (Fsp3) is 0.357. The highest BCUT2D eigenvalue weighted by Crippen LogP contribution is 2.38. The number of nitrogens with zero attached hydrogens (tertiary/aromatic N) is 1. The zero-order chi connectivity index (χ0) is 25.0. The summed E-state index contributed by atoms with van der Waals surface area (Å²) in [6.07, 6.45) is 8.72. The number of carbonyl (C=O) groups is 1. The first-order chi connectivity index (χ1) is 17.0. The van der Waals surface area contributed by atoms with Crippen LogP contribution in [0.5, 0.6) is 11.5 Å². The average Bonchev–Trinajstić information content (AvgIpc) is 2.87. The van der Waals surface area contributed by atoms with Crippen molar-refractivity contribution >= 4 is 46.9 Å². The molecule has 1 atom stereocenters. The van der Waals surface area contributed by atoms with Crippen molar-refractivity contribution in [1.82, 2.24) is 4.98 Å². The van der Waals surface area contributed by atoms with Crippen molar-refractivity contribution in [2.75, 3.05) is 23.6 Å². The monoisotopic (exact) mass is 526 g/mol. The van der Waals surface area contributed by atoms with Crippen LogP contribution in [-0.4, -0.2) is 29.2 Å². The van der Waals surface area contributed by atoms with Crippen molar-refractivity contribution in [1.29, 1.82) is 0 Å². The number of thioether (sulfide) groups is 3. The molecule has 0 saturated heterocycles. The summed E-state index contributed by atoms with van der Waals surface area (Å²) in [5.74, 6) is 2.40. The van der Waals surface area contributed by atoms with Gasteiger partial charge in [0, 0.05) is 10.6 Å². The lowest BCUT2D eigenvalue weighted by molar-refractivity contribution is -0.115. The van der Waals surface area contributed by atoms with Crippen molar-refractivity contribution in [2.45, 2.75) is 54.7 Å². The number of unbranched alkanes of at least 4 members (excludes halogenated alkanes) is 3. The van der Waals surface area contributed by atoms with E-state index in [0.717, 1.165) is 50.5 Å². The molecule has 1 N–H and O–H groups in total. The van der Waals surface area contributed by atoms with E-state index < -0.39 is 0 Å². The fourth-order valence-electron chi connectivity index (χ4n) is 3.65. The average molecular weight is 527 g/mol. The molecule has 35 heavy (non-hydrogen) atoms. The van der Waals surface area contributed by atoms with E-state index >= 15 is 0 Å². The molecular weight excluding hydrogens is 493 g/mol. The third-order valence-electron chi connectivity index (χ3n) is 5.40. The van der Waals surface area contributed by atoms with Gasteiger partial charge in [0.25, 0.3) is 0 Å². The molecule has 3 rings (SSSR count). The van der Waals surface area contributed by atoms with E-state index in [1.54, 1.807) is 35.3 Å². The molecule has 186 valence electrons. The van der Waals surface area contributed by atoms with Crippen molar-refractivity contribution < 1.29 is 9.53 Å². The predicted octanol–water partition coefficient (Wildman–Crippen LogP) is 8.62. The van der Waals surface area contributed by atoms with Crippen molar-refractivity contribution in [2.24, 2.45) is 0 Å². The highest BCUT2D eigenvalue weighted by Gasteiger charge is 2.24. The predicted molar refractivity (Wildman–Crippen MR) is 153 cm³/mol. The minimum Gasteiger partial charge on any atom is -0.457 e. The van der Waals surface area contributed by atoms with Crippen LogP contribution >= 0.6 is 35.3 Å². The fourth-order valence-corrected chi connectivity index (χ4v) is 6.11. The van der Waals surface area contributed by atoms with Crippen LogP contribution in [-0.2, 0) is 4.79 Å². The van der Waals surface area contributed by atoms with Gasteiger partial charge in [0.2, 0.25) is 5.91 Å². The minimum atomic E-state index is -0.346. The van der Waals surface area contributed by atoms with Crippen LogP contribution < -0.4 is 10.1 Å². The molecule has 3 aromatic rings. The molecule has 1 aromatic heterocycles. The second kappa shape index (κ2) is 14.5. The second-order valence-electron chi connectivity index (χ2n) is 8.14. The Bertz CT molecular complexity index is 1070. The molecule has 1 unspecified atom stereocenters. The number of ether oxygens (including phenoxy) is 1. The van der Waals surface area contributed by atoms with E-state index in [1.807, 2.05) is 80.1 Å². The highest BCUT2D eigenvalue weighted by molar-refractivity contribution is 8.00. The van der Waals surface area contributed by atoms with Gasteiger partial charge in [-0.05, 0) is 67.5 Å². The van der Waals surface area contributed by atoms with Gasteiger partial charge < -0.3 is 10.1 Å². The maximum absolute atomic E-state index is 13.7. The summed E-state index contributed by atoms with van der Waals surface area (Å²) in [4.78, 5) is 19.4. The zero-order valence-corrected chi connectivity index (χ0v) is 23.3. The van der Waals surface area contributed by atoms with E-state index in [4.69, 9.17) is 4.74 Å². The highest BCUT2D eigenvalue weighted by atomic mass is 32.2. The molecule has 0 fully saturated rings. The maximum Gasteiger partial charge on any atom is 0.242 e. The largest absolute Gasteiger partial charge is 0.457 e. The maximum atomic E-state index is 13.7. The SMILES string of the molecule is CCCCCCSC(C(=O)Nc1c(SC)cc(C)nc1SC)c1cccc(Oc2ccccc2)c1. The number of pyridine rings is 1. The van der Waals surface area contributed by atoms with Gasteiger partial charge in [0.15, 0.2) is 0 Å². The lowest BCUT2D eigenvalue weighted by Gasteiger charge is -2.20. The molecular formula is C28H34N2O2S3. The first kappa shape index (κ1) is 27.5. The molecule has 1 heterocycles. The lowest BCUT2D eigenvalue weighted by atomic mass is 10.1. The number of hydrogen-bond acceptors (Lipinski definition) is 6. The summed E-state index contributed by atoms with van der Waals surface area (Å²) < 4.78 is 6.05. The van der Waals surface area contributed by atoms with Crippen LogP contribution in [0.1, 0.15) is 49.1 Å². The van der Waals surface area contributed by atoms with Gasteiger partial charge in [-0.15, -0.1) is 35.3 Å². The number of carbonyl (C=O) groups excluding carboxylic acids is 1. The smallest absolute Gasteiger partial charge is 0.242 e. The van der Waals surface area contributed by atoms with E-state index in [0.29, 0.717) is 0 Å². The number of para-hydroxylation sites is 1. The first-order valence-electron chi connectivity index (χ1n) is 11.9. The van der Waals surface area contributed by atoms with E-state index in [1.165, 1.54) is 19.3 Å². The third kappa shape index (κ3) is 8.23. The molecule has 0 aliphatic rings. The molecule has 0 spiro atoms. The number of nitrogens with one attached hydrogen (secondary N) is 1. The Kier molecular flexibility index (Phi) is 11.4. The Morgan fingerprint density at radius 1 is 0.971 bits per heavy atom. The van der Waals surface area contributed by atoms with Crippen LogP contribution in [0.25, 0.3) is 0 Å². The van der Waals surface area contributed by atoms with Gasteiger partial charge in [0.1, 0.15) is 21.8 Å². The summed E-state index contributed by atoms with van der Waals surface area (Å²) >= 11 is 4.87. The number of aryl methyl sites for hydroxylation is 1. The van der Waals surface area contributed by atoms with E-state index in [2.05, 4.69) is 17.2 Å². The molecule has 2 aromatic carbocycles. The van der Waals surface area contributed by atoms with Gasteiger partial charge in [-0.3, -0.25) is 4.79 Å². The summed E-state index contributed by atoms with van der Waals surface area (Å²) in [7, 11) is 0.